The number of anilines is 2. The molecule has 0 amide bonds. The van der Waals surface area contributed by atoms with Crippen molar-refractivity contribution >= 4 is 33.9 Å². The Morgan fingerprint density at radius 2 is 1.91 bits per heavy atom. The minimum Gasteiger partial charge on any atom is -0.461 e. The van der Waals surface area contributed by atoms with Crippen molar-refractivity contribution in [3.8, 4) is 6.01 Å². The summed E-state index contributed by atoms with van der Waals surface area (Å²) >= 11 is 6.76. The van der Waals surface area contributed by atoms with Crippen molar-refractivity contribution in [2.45, 2.75) is 82.6 Å². The summed E-state index contributed by atoms with van der Waals surface area (Å²) in [4.78, 5) is 20.3. The largest absolute Gasteiger partial charge is 0.461 e. The third kappa shape index (κ3) is 5.17. The van der Waals surface area contributed by atoms with Crippen molar-refractivity contribution in [1.29, 1.82) is 0 Å². The van der Waals surface area contributed by atoms with Gasteiger partial charge < -0.3 is 14.5 Å². The topological polar surface area (TPSA) is 48.0 Å². The predicted octanol–water partition coefficient (Wildman–Crippen LogP) is 6.33. The van der Waals surface area contributed by atoms with Crippen molar-refractivity contribution in [2.75, 3.05) is 49.6 Å². The van der Waals surface area contributed by atoms with Crippen LogP contribution in [0.2, 0.25) is 5.02 Å². The molecule has 7 nitrogen and oxygen atoms in total. The molecule has 0 saturated carbocycles. The van der Waals surface area contributed by atoms with Gasteiger partial charge in [0.15, 0.2) is 0 Å². The van der Waals surface area contributed by atoms with E-state index in [1.165, 1.54) is 44.3 Å². The molecule has 0 N–H and O–H groups in total. The Labute approximate surface area is 261 Å². The maximum Gasteiger partial charge on any atom is 0.318 e. The van der Waals surface area contributed by atoms with E-state index in [2.05, 4.69) is 77.4 Å². The molecule has 1 unspecified atom stereocenters. The van der Waals surface area contributed by atoms with Crippen LogP contribution in [0.15, 0.2) is 49.1 Å². The average Bonchev–Trinajstić information content (AvgIpc) is 3.72. The van der Waals surface area contributed by atoms with E-state index in [0.717, 1.165) is 58.9 Å². The molecule has 7 rings (SSSR count). The summed E-state index contributed by atoms with van der Waals surface area (Å²) in [5, 5.41) is 3.06. The van der Waals surface area contributed by atoms with Crippen LogP contribution in [0, 0.1) is 0 Å². The molecule has 5 heterocycles. The third-order valence-electron chi connectivity index (χ3n) is 10.8. The lowest BCUT2D eigenvalue weighted by atomic mass is 9.95. The molecule has 0 radical (unpaired) electrons. The number of nitrogens with zero attached hydrogens (tertiary/aromatic N) is 6. The molecule has 0 bridgehead atoms. The standard InChI is InChI=1S/C35H45ClN6O/c1-5-24(2)42-21-27(20-25(42)3)39(4)33-28-14-19-40(31-13-7-11-26-10-6-12-29(36)32(26)31)22-30(28)37-34(38-33)43-23-35-15-8-17-41(35)18-9-16-35/h5-7,10-13,24-25,27H,1,8-9,14-23H2,2-4H3/t24?,25-,27-/m1/s1. The van der Waals surface area contributed by atoms with Gasteiger partial charge in [0.25, 0.3) is 0 Å². The van der Waals surface area contributed by atoms with E-state index in [9.17, 15) is 0 Å². The number of halogens is 1. The number of ether oxygens (including phenoxy) is 1. The van der Waals surface area contributed by atoms with Gasteiger partial charge in [0.1, 0.15) is 12.4 Å². The fraction of sp³-hybridized carbons (Fsp3) is 0.543. The summed E-state index contributed by atoms with van der Waals surface area (Å²) in [5.41, 5.74) is 3.63. The SMILES string of the molecule is C=CC(C)N1C[C@H](N(C)c2nc(OCC34CCCN3CCC4)nc3c2CCN(c2cccc4cccc(Cl)c24)C3)C[C@H]1C. The van der Waals surface area contributed by atoms with Gasteiger partial charge in [-0.05, 0) is 83.0 Å². The van der Waals surface area contributed by atoms with Gasteiger partial charge in [-0.25, -0.2) is 0 Å². The van der Waals surface area contributed by atoms with E-state index in [0.29, 0.717) is 37.3 Å². The summed E-state index contributed by atoms with van der Waals surface area (Å²) in [6.45, 7) is 14.3. The molecule has 1 aromatic heterocycles. The number of likely N-dealkylation sites (N-methyl/N-ethyl adjacent to an activating group) is 1. The van der Waals surface area contributed by atoms with Crippen LogP contribution in [0.4, 0.5) is 11.5 Å². The van der Waals surface area contributed by atoms with E-state index in [1.807, 2.05) is 12.1 Å². The monoisotopic (exact) mass is 600 g/mol. The van der Waals surface area contributed by atoms with Crippen molar-refractivity contribution < 1.29 is 4.74 Å². The first-order valence-corrected chi connectivity index (χ1v) is 16.6. The molecular weight excluding hydrogens is 556 g/mol. The maximum absolute atomic E-state index is 6.76. The zero-order valence-electron chi connectivity index (χ0n) is 25.9. The maximum atomic E-state index is 6.76. The van der Waals surface area contributed by atoms with Crippen LogP contribution in [0.25, 0.3) is 10.8 Å². The Morgan fingerprint density at radius 1 is 1.14 bits per heavy atom. The summed E-state index contributed by atoms with van der Waals surface area (Å²) in [6, 6.07) is 14.3. The van der Waals surface area contributed by atoms with Crippen LogP contribution in [0.1, 0.15) is 57.2 Å². The second kappa shape index (κ2) is 11.6. The van der Waals surface area contributed by atoms with Gasteiger partial charge in [-0.3, -0.25) is 9.80 Å². The molecule has 3 atom stereocenters. The van der Waals surface area contributed by atoms with Gasteiger partial charge in [0.05, 0.1) is 22.8 Å². The Hall–Kier alpha value is -2.87. The average molecular weight is 601 g/mol. The molecule has 8 heteroatoms. The van der Waals surface area contributed by atoms with Crippen molar-refractivity contribution in [3.05, 3.63) is 65.3 Å². The lowest BCUT2D eigenvalue weighted by Crippen LogP contribution is -2.44. The van der Waals surface area contributed by atoms with Gasteiger partial charge in [-0.15, -0.1) is 6.58 Å². The molecule has 4 aliphatic heterocycles. The highest BCUT2D eigenvalue weighted by Gasteiger charge is 2.45. The zero-order chi connectivity index (χ0) is 29.7. The van der Waals surface area contributed by atoms with Gasteiger partial charge in [0.2, 0.25) is 0 Å². The van der Waals surface area contributed by atoms with Gasteiger partial charge in [0, 0.05) is 54.9 Å². The van der Waals surface area contributed by atoms with E-state index in [4.69, 9.17) is 26.3 Å². The molecule has 2 aromatic carbocycles. The molecule has 228 valence electrons. The lowest BCUT2D eigenvalue weighted by Gasteiger charge is -2.35. The van der Waals surface area contributed by atoms with Crippen LogP contribution < -0.4 is 14.5 Å². The quantitative estimate of drug-likeness (QED) is 0.280. The van der Waals surface area contributed by atoms with Gasteiger partial charge in [-0.1, -0.05) is 41.9 Å². The molecule has 3 aromatic rings. The van der Waals surface area contributed by atoms with Crippen molar-refractivity contribution in [3.63, 3.8) is 0 Å². The first-order valence-electron chi connectivity index (χ1n) is 16.2. The Balaban J connectivity index is 1.22. The highest BCUT2D eigenvalue weighted by atomic mass is 35.5. The molecule has 0 aliphatic carbocycles. The summed E-state index contributed by atoms with van der Waals surface area (Å²) in [7, 11) is 2.22. The fourth-order valence-corrected chi connectivity index (χ4v) is 8.61. The smallest absolute Gasteiger partial charge is 0.318 e. The lowest BCUT2D eigenvalue weighted by molar-refractivity contribution is 0.107. The molecule has 3 fully saturated rings. The van der Waals surface area contributed by atoms with E-state index < -0.39 is 0 Å². The number of hydrogen-bond donors (Lipinski definition) is 0. The van der Waals surface area contributed by atoms with Crippen LogP contribution in [-0.4, -0.2) is 83.3 Å². The zero-order valence-corrected chi connectivity index (χ0v) is 26.7. The first kappa shape index (κ1) is 28.9. The minimum absolute atomic E-state index is 0.152. The van der Waals surface area contributed by atoms with Crippen LogP contribution >= 0.6 is 11.6 Å². The van der Waals surface area contributed by atoms with Gasteiger partial charge >= 0.3 is 6.01 Å². The molecule has 0 spiro atoms. The summed E-state index contributed by atoms with van der Waals surface area (Å²) in [6.07, 6.45) is 8.95. The van der Waals surface area contributed by atoms with Gasteiger partial charge in [-0.2, -0.15) is 9.97 Å². The Bertz CT molecular complexity index is 1500. The molecular formula is C35H45ClN6O. The minimum atomic E-state index is 0.152. The van der Waals surface area contributed by atoms with E-state index in [1.54, 1.807) is 0 Å². The summed E-state index contributed by atoms with van der Waals surface area (Å²) in [5.74, 6) is 1.04. The Morgan fingerprint density at radius 3 is 2.67 bits per heavy atom. The Kier molecular flexibility index (Phi) is 7.77. The van der Waals surface area contributed by atoms with E-state index in [-0.39, 0.29) is 5.54 Å². The third-order valence-corrected chi connectivity index (χ3v) is 11.1. The number of benzene rings is 2. The number of rotatable bonds is 8. The van der Waals surface area contributed by atoms with Crippen LogP contribution in [-0.2, 0) is 13.0 Å². The number of likely N-dealkylation sites (tertiary alicyclic amines) is 1. The molecule has 43 heavy (non-hydrogen) atoms. The van der Waals surface area contributed by atoms with Crippen molar-refractivity contribution in [1.82, 2.24) is 19.8 Å². The summed E-state index contributed by atoms with van der Waals surface area (Å²) < 4.78 is 6.59. The highest BCUT2D eigenvalue weighted by Crippen LogP contribution is 2.40. The normalized spacial score (nSPS) is 24.2. The second-order valence-electron chi connectivity index (χ2n) is 13.3. The van der Waals surface area contributed by atoms with Crippen LogP contribution in [0.5, 0.6) is 6.01 Å². The van der Waals surface area contributed by atoms with Crippen LogP contribution in [0.3, 0.4) is 0 Å². The van der Waals surface area contributed by atoms with Crippen molar-refractivity contribution in [2.24, 2.45) is 0 Å². The van der Waals surface area contributed by atoms with E-state index >= 15 is 0 Å². The molecule has 3 saturated heterocycles. The number of fused-ring (bicyclic) bond motifs is 3. The second-order valence-corrected chi connectivity index (χ2v) is 13.7. The number of hydrogen-bond acceptors (Lipinski definition) is 7. The fourth-order valence-electron chi connectivity index (χ4n) is 8.33. The molecule has 4 aliphatic rings. The predicted molar refractivity (Wildman–Crippen MR) is 177 cm³/mol. The highest BCUT2D eigenvalue weighted by molar-refractivity contribution is 6.36. The first-order chi connectivity index (χ1) is 20.9. The number of aromatic nitrogens is 2.